The van der Waals surface area contributed by atoms with Gasteiger partial charge in [0.2, 0.25) is 11.8 Å². The summed E-state index contributed by atoms with van der Waals surface area (Å²) >= 11 is 0. The van der Waals surface area contributed by atoms with Crippen LogP contribution in [0.25, 0.3) is 32.7 Å². The average molecular weight is 930 g/mol. The van der Waals surface area contributed by atoms with Gasteiger partial charge in [0.25, 0.3) is 5.91 Å². The molecule has 3 atom stereocenters. The van der Waals surface area contributed by atoms with E-state index >= 15 is 0 Å². The summed E-state index contributed by atoms with van der Waals surface area (Å²) in [6.45, 7) is 8.56. The van der Waals surface area contributed by atoms with Crippen molar-refractivity contribution in [3.05, 3.63) is 109 Å². The second-order valence-electron chi connectivity index (χ2n) is 17.5. The van der Waals surface area contributed by atoms with Crippen LogP contribution < -0.4 is 48.4 Å². The molecule has 0 fully saturated rings. The van der Waals surface area contributed by atoms with E-state index in [1.807, 2.05) is 117 Å². The molecule has 16 heteroatoms. The molecule has 5 aromatic carbocycles. The molecule has 11 N–H and O–H groups in total. The quantitative estimate of drug-likeness (QED) is 0.0151. The van der Waals surface area contributed by atoms with Crippen molar-refractivity contribution < 1.29 is 33.4 Å². The molecule has 0 aliphatic carbocycles. The van der Waals surface area contributed by atoms with Crippen molar-refractivity contribution in [2.75, 3.05) is 26.3 Å². The molecule has 0 aromatic heterocycles. The highest BCUT2D eigenvalue weighted by Crippen LogP contribution is 2.45. The SMILES string of the molecule is CC(C)CCOc1ccc2ccccc2c1-c1c(OCC(=O)N[C@H](CCCN=C(N)N)C(=O)N[C@H](CCCN=C(N)N)C(=O)N[C@@H](CC(C)C)C(=O)OCc2ccccc2)ccc2ccccc12. The first kappa shape index (κ1) is 51.6. The molecule has 362 valence electrons. The van der Waals surface area contributed by atoms with Crippen LogP contribution in [-0.4, -0.2) is 80.0 Å². The Morgan fingerprint density at radius 2 is 1.06 bits per heavy atom. The van der Waals surface area contributed by atoms with E-state index in [4.69, 9.17) is 37.1 Å². The van der Waals surface area contributed by atoms with Gasteiger partial charge in [-0.3, -0.25) is 24.4 Å². The molecule has 5 rings (SSSR count). The largest absolute Gasteiger partial charge is 0.493 e. The fourth-order valence-corrected chi connectivity index (χ4v) is 7.65. The minimum atomic E-state index is -1.15. The highest BCUT2D eigenvalue weighted by atomic mass is 16.5. The minimum absolute atomic E-state index is 0.00864. The van der Waals surface area contributed by atoms with Gasteiger partial charge in [0, 0.05) is 24.2 Å². The molecule has 5 aromatic rings. The second-order valence-corrected chi connectivity index (χ2v) is 17.5. The van der Waals surface area contributed by atoms with Crippen LogP contribution in [0.3, 0.4) is 0 Å². The highest BCUT2D eigenvalue weighted by molar-refractivity contribution is 6.10. The zero-order valence-corrected chi connectivity index (χ0v) is 39.5. The Morgan fingerprint density at radius 1 is 0.559 bits per heavy atom. The molecule has 3 amide bonds. The number of rotatable bonds is 26. The average Bonchev–Trinajstić information content (AvgIpc) is 3.31. The van der Waals surface area contributed by atoms with E-state index in [2.05, 4.69) is 39.8 Å². The molecule has 0 saturated carbocycles. The van der Waals surface area contributed by atoms with Crippen molar-refractivity contribution in [3.8, 4) is 22.6 Å². The lowest BCUT2D eigenvalue weighted by molar-refractivity contribution is -0.150. The van der Waals surface area contributed by atoms with Crippen LogP contribution in [0.2, 0.25) is 0 Å². The smallest absolute Gasteiger partial charge is 0.328 e. The van der Waals surface area contributed by atoms with Gasteiger partial charge in [-0.15, -0.1) is 0 Å². The lowest BCUT2D eigenvalue weighted by Crippen LogP contribution is -2.56. The van der Waals surface area contributed by atoms with Gasteiger partial charge in [-0.2, -0.15) is 0 Å². The third kappa shape index (κ3) is 15.9. The molecule has 0 aliphatic rings. The topological polar surface area (TPSA) is 261 Å². The predicted molar refractivity (Wildman–Crippen MR) is 269 cm³/mol. The van der Waals surface area contributed by atoms with Gasteiger partial charge in [0.05, 0.1) is 6.61 Å². The van der Waals surface area contributed by atoms with Gasteiger partial charge in [-0.1, -0.05) is 119 Å². The van der Waals surface area contributed by atoms with E-state index in [1.54, 1.807) is 0 Å². The Labute approximate surface area is 398 Å². The fourth-order valence-electron chi connectivity index (χ4n) is 7.65. The van der Waals surface area contributed by atoms with Crippen LogP contribution in [0.1, 0.15) is 71.8 Å². The molecule has 0 bridgehead atoms. The summed E-state index contributed by atoms with van der Waals surface area (Å²) < 4.78 is 18.5. The Bertz CT molecular complexity index is 2520. The number of nitrogens with two attached hydrogens (primary N) is 4. The number of hydrogen-bond donors (Lipinski definition) is 7. The number of benzene rings is 5. The van der Waals surface area contributed by atoms with Crippen LogP contribution in [0, 0.1) is 11.8 Å². The number of hydrogen-bond acceptors (Lipinski definition) is 9. The number of carbonyl (C=O) groups excluding carboxylic acids is 4. The number of amides is 3. The molecule has 0 heterocycles. The van der Waals surface area contributed by atoms with E-state index in [0.717, 1.165) is 44.7 Å². The van der Waals surface area contributed by atoms with Crippen molar-refractivity contribution in [2.45, 2.75) is 91.0 Å². The third-order valence-corrected chi connectivity index (χ3v) is 11.1. The summed E-state index contributed by atoms with van der Waals surface area (Å²) in [7, 11) is 0. The molecule has 0 radical (unpaired) electrons. The summed E-state index contributed by atoms with van der Waals surface area (Å²) in [5, 5.41) is 12.3. The molecular formula is C52H67N9O7. The number of guanidine groups is 2. The van der Waals surface area contributed by atoms with Crippen LogP contribution in [0.4, 0.5) is 0 Å². The third-order valence-electron chi connectivity index (χ3n) is 11.1. The molecule has 16 nitrogen and oxygen atoms in total. The summed E-state index contributed by atoms with van der Waals surface area (Å²) in [5.74, 6) is -1.15. The van der Waals surface area contributed by atoms with E-state index < -0.39 is 48.4 Å². The summed E-state index contributed by atoms with van der Waals surface area (Å²) in [6, 6.07) is 29.6. The number of nitrogens with zero attached hydrogens (tertiary/aromatic N) is 2. The van der Waals surface area contributed by atoms with Crippen LogP contribution >= 0.6 is 0 Å². The molecular weight excluding hydrogens is 863 g/mol. The van der Waals surface area contributed by atoms with Crippen molar-refractivity contribution in [1.82, 2.24) is 16.0 Å². The van der Waals surface area contributed by atoms with Crippen LogP contribution in [0.15, 0.2) is 113 Å². The monoisotopic (exact) mass is 930 g/mol. The number of fused-ring (bicyclic) bond motifs is 2. The second kappa shape index (κ2) is 26.1. The number of carbonyl (C=O) groups is 4. The molecule has 0 unspecified atom stereocenters. The van der Waals surface area contributed by atoms with E-state index in [1.165, 1.54) is 0 Å². The first-order chi connectivity index (χ1) is 32.7. The minimum Gasteiger partial charge on any atom is -0.493 e. The Kier molecular flexibility index (Phi) is 19.8. The zero-order chi connectivity index (χ0) is 49.0. The summed E-state index contributed by atoms with van der Waals surface area (Å²) in [5.41, 5.74) is 24.6. The molecule has 0 saturated heterocycles. The fraction of sp³-hybridized carbons (Fsp3) is 0.385. The number of aliphatic imine (C=N–C) groups is 2. The zero-order valence-electron chi connectivity index (χ0n) is 39.5. The van der Waals surface area contributed by atoms with Gasteiger partial charge < -0.3 is 53.1 Å². The number of esters is 1. The van der Waals surface area contributed by atoms with E-state index in [9.17, 15) is 19.2 Å². The van der Waals surface area contributed by atoms with Crippen molar-refractivity contribution in [2.24, 2.45) is 44.8 Å². The Balaban J connectivity index is 1.39. The summed E-state index contributed by atoms with van der Waals surface area (Å²) in [6.07, 6.45) is 1.95. The van der Waals surface area contributed by atoms with E-state index in [-0.39, 0.29) is 56.8 Å². The van der Waals surface area contributed by atoms with Crippen LogP contribution in [0.5, 0.6) is 11.5 Å². The number of ether oxygens (including phenoxy) is 3. The van der Waals surface area contributed by atoms with Gasteiger partial charge in [-0.25, -0.2) is 4.79 Å². The molecule has 68 heavy (non-hydrogen) atoms. The standard InChI is InChI=1S/C52H67N9O7/c1-33(2)26-29-66-43-24-22-36-16-8-10-18-38(36)46(43)47-39-19-11-9-17-37(39)23-25-44(47)67-32-45(62)59-40(20-12-27-57-51(53)54)48(63)60-41(21-13-28-58-52(55)56)49(64)61-42(30-34(3)4)50(65)68-31-35-14-6-5-7-15-35/h5-11,14-19,22-25,33-34,40-42H,12-13,20-21,26-32H2,1-4H3,(H,59,62)(H,60,63)(H,61,64)(H4,53,54,57)(H4,55,56,58)/t40-,41-,42+/m1/s1. The normalized spacial score (nSPS) is 12.4. The highest BCUT2D eigenvalue weighted by Gasteiger charge is 2.31. The maximum absolute atomic E-state index is 14.3. The first-order valence-corrected chi connectivity index (χ1v) is 23.2. The maximum Gasteiger partial charge on any atom is 0.328 e. The maximum atomic E-state index is 14.3. The van der Waals surface area contributed by atoms with Gasteiger partial charge in [0.15, 0.2) is 18.5 Å². The van der Waals surface area contributed by atoms with Crippen molar-refractivity contribution in [1.29, 1.82) is 0 Å². The first-order valence-electron chi connectivity index (χ1n) is 23.2. The number of nitrogens with one attached hydrogen (secondary N) is 3. The van der Waals surface area contributed by atoms with Gasteiger partial charge >= 0.3 is 5.97 Å². The Morgan fingerprint density at radius 3 is 1.59 bits per heavy atom. The van der Waals surface area contributed by atoms with Crippen LogP contribution in [-0.2, 0) is 30.5 Å². The van der Waals surface area contributed by atoms with Gasteiger partial charge in [-0.05, 0) is 89.6 Å². The van der Waals surface area contributed by atoms with Crippen molar-refractivity contribution >= 4 is 57.2 Å². The lowest BCUT2D eigenvalue weighted by atomic mass is 9.92. The van der Waals surface area contributed by atoms with Crippen molar-refractivity contribution in [3.63, 3.8) is 0 Å². The Hall–Kier alpha value is -7.36. The predicted octanol–water partition coefficient (Wildman–Crippen LogP) is 5.81. The van der Waals surface area contributed by atoms with Gasteiger partial charge in [0.1, 0.15) is 36.2 Å². The summed E-state index contributed by atoms with van der Waals surface area (Å²) in [4.78, 5) is 63.8. The van der Waals surface area contributed by atoms with E-state index in [0.29, 0.717) is 36.9 Å². The molecule has 0 aliphatic heterocycles. The lowest BCUT2D eigenvalue weighted by Gasteiger charge is -2.26. The molecule has 0 spiro atoms.